The highest BCUT2D eigenvalue weighted by atomic mass is 16.5. The fourth-order valence-electron chi connectivity index (χ4n) is 2.71. The van der Waals surface area contributed by atoms with E-state index < -0.39 is 11.6 Å². The zero-order valence-corrected chi connectivity index (χ0v) is 16.9. The predicted molar refractivity (Wildman–Crippen MR) is 111 cm³/mol. The number of nitrogens with one attached hydrogen (secondary N) is 2. The van der Waals surface area contributed by atoms with E-state index in [9.17, 15) is 9.90 Å². The maximum absolute atomic E-state index is 12.4. The lowest BCUT2D eigenvalue weighted by atomic mass is 10.2. The third kappa shape index (κ3) is 6.58. The molecule has 0 radical (unpaired) electrons. The monoisotopic (exact) mass is 401 g/mol. The summed E-state index contributed by atoms with van der Waals surface area (Å²) >= 11 is 0. The van der Waals surface area contributed by atoms with Crippen molar-refractivity contribution in [2.24, 2.45) is 0 Å². The van der Waals surface area contributed by atoms with Gasteiger partial charge in [0.05, 0.1) is 18.8 Å². The Balaban J connectivity index is 1.76. The lowest BCUT2D eigenvalue weighted by Gasteiger charge is -2.27. The van der Waals surface area contributed by atoms with Crippen LogP contribution in [0.15, 0.2) is 30.3 Å². The van der Waals surface area contributed by atoms with E-state index in [1.807, 2.05) is 36.1 Å². The number of aryl methyl sites for hydroxylation is 1. The molecule has 29 heavy (non-hydrogen) atoms. The van der Waals surface area contributed by atoms with Crippen molar-refractivity contribution in [3.05, 3.63) is 35.9 Å². The minimum absolute atomic E-state index is 0.0570. The number of benzene rings is 1. The van der Waals surface area contributed by atoms with Crippen LogP contribution < -0.4 is 20.3 Å². The average Bonchev–Trinajstić information content (AvgIpc) is 2.66. The number of aliphatic hydroxyl groups is 1. The van der Waals surface area contributed by atoms with Crippen LogP contribution in [0.5, 0.6) is 5.88 Å². The number of rotatable bonds is 6. The molecule has 1 fully saturated rings. The molecule has 1 aromatic carbocycles. The Kier molecular flexibility index (Phi) is 6.50. The first kappa shape index (κ1) is 20.8. The summed E-state index contributed by atoms with van der Waals surface area (Å²) in [6, 6.07) is 8.62. The van der Waals surface area contributed by atoms with E-state index in [0.717, 1.165) is 5.56 Å². The Morgan fingerprint density at radius 3 is 2.69 bits per heavy atom. The molecule has 0 atom stereocenters. The number of carbonyl (C=O) groups excluding carboxylic acids is 1. The fourth-order valence-corrected chi connectivity index (χ4v) is 2.71. The number of anilines is 3. The molecule has 2 amide bonds. The second-order valence-corrected chi connectivity index (χ2v) is 7.54. The molecule has 2 aromatic rings. The van der Waals surface area contributed by atoms with E-state index in [1.54, 1.807) is 13.8 Å². The number of hydrogen-bond acceptors (Lipinski definition) is 7. The van der Waals surface area contributed by atoms with Crippen LogP contribution in [0, 0.1) is 6.92 Å². The summed E-state index contributed by atoms with van der Waals surface area (Å²) in [5.74, 6) is 1.01. The van der Waals surface area contributed by atoms with E-state index >= 15 is 0 Å². The van der Waals surface area contributed by atoms with Gasteiger partial charge in [0.2, 0.25) is 11.8 Å². The molecule has 0 bridgehead atoms. The first-order chi connectivity index (χ1) is 13.8. The molecular weight excluding hydrogens is 374 g/mol. The van der Waals surface area contributed by atoms with Crippen molar-refractivity contribution in [1.29, 1.82) is 0 Å². The maximum atomic E-state index is 12.4. The maximum Gasteiger partial charge on any atom is 0.324 e. The third-order valence-electron chi connectivity index (χ3n) is 4.08. The molecule has 1 aliphatic rings. The van der Waals surface area contributed by atoms with E-state index in [2.05, 4.69) is 20.6 Å². The number of hydrogen-bond donors (Lipinski definition) is 3. The summed E-state index contributed by atoms with van der Waals surface area (Å²) in [5, 5.41) is 15.4. The number of morpholine rings is 1. The van der Waals surface area contributed by atoms with Crippen LogP contribution in [0.4, 0.5) is 22.2 Å². The molecule has 0 saturated carbocycles. The van der Waals surface area contributed by atoms with Crippen molar-refractivity contribution in [1.82, 2.24) is 9.97 Å². The van der Waals surface area contributed by atoms with Crippen LogP contribution in [0.2, 0.25) is 0 Å². The topological polar surface area (TPSA) is 109 Å². The standard InChI is InChI=1S/C20H27N5O4/c1-14-5-4-6-15(11-14)21-19(26)23-16-12-17(29-13-20(2,3)27)24-18(22-16)25-7-9-28-10-8-25/h4-6,11-12,27H,7-10,13H2,1-3H3,(H2,21,22,23,24,26). The van der Waals surface area contributed by atoms with Crippen molar-refractivity contribution >= 4 is 23.5 Å². The van der Waals surface area contributed by atoms with Crippen molar-refractivity contribution in [2.45, 2.75) is 26.4 Å². The average molecular weight is 401 g/mol. The molecule has 1 saturated heterocycles. The zero-order chi connectivity index (χ0) is 20.9. The predicted octanol–water partition coefficient (Wildman–Crippen LogP) is 2.42. The fraction of sp³-hybridized carbons (Fsp3) is 0.450. The normalized spacial score (nSPS) is 14.4. The molecule has 0 aliphatic carbocycles. The molecule has 9 nitrogen and oxygen atoms in total. The van der Waals surface area contributed by atoms with E-state index in [4.69, 9.17) is 9.47 Å². The highest BCUT2D eigenvalue weighted by Crippen LogP contribution is 2.21. The lowest BCUT2D eigenvalue weighted by molar-refractivity contribution is 0.0268. The zero-order valence-electron chi connectivity index (χ0n) is 16.9. The van der Waals surface area contributed by atoms with Crippen LogP contribution >= 0.6 is 0 Å². The lowest BCUT2D eigenvalue weighted by Crippen LogP contribution is -2.37. The van der Waals surface area contributed by atoms with Gasteiger partial charge < -0.3 is 24.8 Å². The number of carbonyl (C=O) groups is 1. The molecule has 3 N–H and O–H groups in total. The Bertz CT molecular complexity index is 847. The van der Waals surface area contributed by atoms with Crippen LogP contribution in [0.25, 0.3) is 0 Å². The summed E-state index contributed by atoms with van der Waals surface area (Å²) in [4.78, 5) is 23.2. The Hall–Kier alpha value is -2.91. The van der Waals surface area contributed by atoms with Crippen LogP contribution in [0.1, 0.15) is 19.4 Å². The second kappa shape index (κ2) is 9.06. The van der Waals surface area contributed by atoms with Crippen LogP contribution in [0.3, 0.4) is 0 Å². The SMILES string of the molecule is Cc1cccc(NC(=O)Nc2cc(OCC(C)(C)O)nc(N3CCOCC3)n2)c1. The summed E-state index contributed by atoms with van der Waals surface area (Å²) in [6.45, 7) is 7.74. The summed E-state index contributed by atoms with van der Waals surface area (Å²) in [5.41, 5.74) is 0.713. The molecule has 1 aliphatic heterocycles. The van der Waals surface area contributed by atoms with Gasteiger partial charge in [-0.15, -0.1) is 0 Å². The molecule has 9 heteroatoms. The van der Waals surface area contributed by atoms with E-state index in [1.165, 1.54) is 6.07 Å². The Morgan fingerprint density at radius 1 is 1.24 bits per heavy atom. The number of aromatic nitrogens is 2. The first-order valence-corrected chi connectivity index (χ1v) is 9.50. The van der Waals surface area contributed by atoms with Crippen LogP contribution in [-0.4, -0.2) is 59.6 Å². The summed E-state index contributed by atoms with van der Waals surface area (Å²) in [6.07, 6.45) is 0. The highest BCUT2D eigenvalue weighted by Gasteiger charge is 2.19. The molecule has 0 spiro atoms. The van der Waals surface area contributed by atoms with Crippen molar-refractivity contribution in [3.8, 4) is 5.88 Å². The Morgan fingerprint density at radius 2 is 2.00 bits per heavy atom. The smallest absolute Gasteiger partial charge is 0.324 e. The highest BCUT2D eigenvalue weighted by molar-refractivity contribution is 5.99. The molecule has 156 valence electrons. The summed E-state index contributed by atoms with van der Waals surface area (Å²) in [7, 11) is 0. The molecule has 0 unspecified atom stereocenters. The number of nitrogens with zero attached hydrogens (tertiary/aromatic N) is 3. The van der Waals surface area contributed by atoms with Crippen LogP contribution in [-0.2, 0) is 4.74 Å². The van der Waals surface area contributed by atoms with Gasteiger partial charge >= 0.3 is 6.03 Å². The van der Waals surface area contributed by atoms with Gasteiger partial charge in [-0.2, -0.15) is 9.97 Å². The quantitative estimate of drug-likeness (QED) is 0.682. The molecular formula is C20H27N5O4. The molecule has 2 heterocycles. The largest absolute Gasteiger partial charge is 0.474 e. The molecule has 3 rings (SSSR count). The number of ether oxygens (including phenoxy) is 2. The van der Waals surface area contributed by atoms with E-state index in [-0.39, 0.29) is 12.5 Å². The van der Waals surface area contributed by atoms with Gasteiger partial charge in [0.1, 0.15) is 12.4 Å². The Labute approximate surface area is 170 Å². The number of amides is 2. The van der Waals surface area contributed by atoms with Gasteiger partial charge in [-0.3, -0.25) is 5.32 Å². The minimum atomic E-state index is -1.01. The van der Waals surface area contributed by atoms with Crippen molar-refractivity contribution < 1.29 is 19.4 Å². The summed E-state index contributed by atoms with van der Waals surface area (Å²) < 4.78 is 11.0. The van der Waals surface area contributed by atoms with Crippen molar-refractivity contribution in [3.63, 3.8) is 0 Å². The van der Waals surface area contributed by atoms with Gasteiger partial charge in [-0.1, -0.05) is 12.1 Å². The van der Waals surface area contributed by atoms with Crippen molar-refractivity contribution in [2.75, 3.05) is 48.4 Å². The van der Waals surface area contributed by atoms with Gasteiger partial charge in [0.25, 0.3) is 0 Å². The van der Waals surface area contributed by atoms with E-state index in [0.29, 0.717) is 43.8 Å². The molecule has 1 aromatic heterocycles. The van der Waals surface area contributed by atoms with Gasteiger partial charge in [-0.25, -0.2) is 4.79 Å². The van der Waals surface area contributed by atoms with Gasteiger partial charge in [0, 0.05) is 24.8 Å². The van der Waals surface area contributed by atoms with Gasteiger partial charge in [0.15, 0.2) is 0 Å². The minimum Gasteiger partial charge on any atom is -0.474 e. The third-order valence-corrected chi connectivity index (χ3v) is 4.08. The second-order valence-electron chi connectivity index (χ2n) is 7.54. The first-order valence-electron chi connectivity index (χ1n) is 9.50. The number of urea groups is 1. The van der Waals surface area contributed by atoms with Gasteiger partial charge in [-0.05, 0) is 38.5 Å².